The van der Waals surface area contributed by atoms with Gasteiger partial charge in [0, 0.05) is 6.42 Å². The number of rotatable bonds is 5. The molecule has 0 aromatic carbocycles. The van der Waals surface area contributed by atoms with Gasteiger partial charge in [0.05, 0.1) is 5.88 Å². The maximum Gasteiger partial charge on any atom is 0.308 e. The smallest absolute Gasteiger partial charge is 0.308 e. The summed E-state index contributed by atoms with van der Waals surface area (Å²) in [6.07, 6.45) is 2.02. The van der Waals surface area contributed by atoms with Crippen LogP contribution in [0.5, 0.6) is 0 Å². The van der Waals surface area contributed by atoms with Crippen LogP contribution in [0.4, 0.5) is 0 Å². The topological polar surface area (TPSA) is 26.3 Å². The van der Waals surface area contributed by atoms with Crippen molar-refractivity contribution < 1.29 is 9.53 Å². The van der Waals surface area contributed by atoms with Gasteiger partial charge in [-0.05, 0) is 6.42 Å². The van der Waals surface area contributed by atoms with Crippen LogP contribution in [-0.2, 0) is 9.53 Å². The number of alkyl halides is 3. The molecular formula is C7H11Cl3O2. The average molecular weight is 234 g/mol. The molecule has 72 valence electrons. The Hall–Kier alpha value is 0.340. The van der Waals surface area contributed by atoms with E-state index in [1.807, 2.05) is 6.92 Å². The number of hydrogen-bond acceptors (Lipinski definition) is 2. The summed E-state index contributed by atoms with van der Waals surface area (Å²) in [4.78, 5) is 10.9. The summed E-state index contributed by atoms with van der Waals surface area (Å²) < 4.78 is 3.07. The maximum atomic E-state index is 10.9. The monoisotopic (exact) mass is 232 g/mol. The van der Waals surface area contributed by atoms with Gasteiger partial charge in [0.15, 0.2) is 0 Å². The maximum absolute atomic E-state index is 10.9. The Labute approximate surface area is 87.1 Å². The molecule has 0 fully saturated rings. The molecule has 0 aromatic heterocycles. The highest BCUT2D eigenvalue weighted by atomic mass is 35.5. The highest BCUT2D eigenvalue weighted by molar-refractivity contribution is 6.50. The number of halogens is 3. The summed E-state index contributed by atoms with van der Waals surface area (Å²) in [5, 5.41) is 0. The lowest BCUT2D eigenvalue weighted by Gasteiger charge is -2.16. The highest BCUT2D eigenvalue weighted by Crippen LogP contribution is 2.24. The van der Waals surface area contributed by atoms with E-state index in [0.717, 1.165) is 12.8 Å². The minimum atomic E-state index is -1.58. The van der Waals surface area contributed by atoms with Crippen molar-refractivity contribution in [2.24, 2.45) is 0 Å². The summed E-state index contributed by atoms with van der Waals surface area (Å²) in [7, 11) is 0. The first-order chi connectivity index (χ1) is 5.52. The predicted molar refractivity (Wildman–Crippen MR) is 50.8 cm³/mol. The Morgan fingerprint density at radius 1 is 1.50 bits per heavy atom. The molecule has 0 aromatic rings. The Bertz CT molecular complexity index is 148. The molecule has 0 bridgehead atoms. The Balaban J connectivity index is 3.68. The molecule has 0 atom stereocenters. The third-order valence-electron chi connectivity index (χ3n) is 1.15. The van der Waals surface area contributed by atoms with Gasteiger partial charge >= 0.3 is 5.97 Å². The number of ether oxygens (including phenoxy) is 1. The molecule has 0 amide bonds. The number of hydrogen-bond donors (Lipinski definition) is 0. The van der Waals surface area contributed by atoms with Crippen LogP contribution in [0.1, 0.15) is 26.2 Å². The summed E-state index contributed by atoms with van der Waals surface area (Å²) in [6.45, 7) is 1.98. The van der Waals surface area contributed by atoms with Crippen molar-refractivity contribution >= 4 is 40.8 Å². The van der Waals surface area contributed by atoms with Crippen LogP contribution in [0.25, 0.3) is 0 Å². The zero-order valence-corrected chi connectivity index (χ0v) is 9.05. The second-order valence-corrected chi connectivity index (χ2v) is 4.03. The fourth-order valence-corrected chi connectivity index (χ4v) is 0.793. The third-order valence-corrected chi connectivity index (χ3v) is 2.22. The molecule has 0 saturated heterocycles. The predicted octanol–water partition coefficient (Wildman–Crippen LogP) is 3.09. The molecule has 2 nitrogen and oxygen atoms in total. The van der Waals surface area contributed by atoms with E-state index in [2.05, 4.69) is 4.74 Å². The summed E-state index contributed by atoms with van der Waals surface area (Å²) in [5.74, 6) is -0.545. The number of unbranched alkanes of at least 4 members (excludes halogenated alkanes) is 1. The van der Waals surface area contributed by atoms with Crippen molar-refractivity contribution in [3.63, 3.8) is 0 Å². The molecule has 12 heavy (non-hydrogen) atoms. The van der Waals surface area contributed by atoms with Gasteiger partial charge in [-0.25, -0.2) is 0 Å². The van der Waals surface area contributed by atoms with Crippen molar-refractivity contribution in [3.8, 4) is 0 Å². The number of carbonyl (C=O) groups excluding carboxylic acids is 1. The van der Waals surface area contributed by atoms with E-state index < -0.39 is 10.5 Å². The fourth-order valence-electron chi connectivity index (χ4n) is 0.566. The van der Waals surface area contributed by atoms with Gasteiger partial charge < -0.3 is 4.74 Å². The van der Waals surface area contributed by atoms with E-state index in [9.17, 15) is 4.79 Å². The largest absolute Gasteiger partial charge is 0.427 e. The first kappa shape index (κ1) is 12.3. The SMILES string of the molecule is CCCCC(=O)OC(Cl)(Cl)CCl. The lowest BCUT2D eigenvalue weighted by molar-refractivity contribution is -0.146. The standard InChI is InChI=1S/C7H11Cl3O2/c1-2-3-4-6(11)12-7(9,10)5-8/h2-5H2,1H3. The molecule has 0 heterocycles. The second-order valence-electron chi connectivity index (χ2n) is 2.35. The molecule has 0 rings (SSSR count). The number of carbonyl (C=O) groups is 1. The average Bonchev–Trinajstić information content (AvgIpc) is 2.00. The normalized spacial score (nSPS) is 11.3. The molecule has 0 aliphatic rings. The molecule has 5 heteroatoms. The first-order valence-corrected chi connectivity index (χ1v) is 4.96. The quantitative estimate of drug-likeness (QED) is 0.539. The summed E-state index contributed by atoms with van der Waals surface area (Å²) >= 11 is 16.3. The lowest BCUT2D eigenvalue weighted by atomic mass is 10.2. The Morgan fingerprint density at radius 3 is 2.50 bits per heavy atom. The third kappa shape index (κ3) is 5.92. The lowest BCUT2D eigenvalue weighted by Crippen LogP contribution is -2.24. The van der Waals surface area contributed by atoms with Crippen LogP contribution in [0.15, 0.2) is 0 Å². The van der Waals surface area contributed by atoms with E-state index >= 15 is 0 Å². The molecule has 0 spiro atoms. The molecule has 0 aliphatic heterocycles. The Morgan fingerprint density at radius 2 is 2.08 bits per heavy atom. The molecule has 0 aliphatic carbocycles. The van der Waals surface area contributed by atoms with Gasteiger partial charge in [-0.1, -0.05) is 36.5 Å². The van der Waals surface area contributed by atoms with Crippen LogP contribution < -0.4 is 0 Å². The van der Waals surface area contributed by atoms with Crippen molar-refractivity contribution in [2.75, 3.05) is 5.88 Å². The van der Waals surface area contributed by atoms with Gasteiger partial charge in [-0.2, -0.15) is 0 Å². The van der Waals surface area contributed by atoms with Crippen LogP contribution in [0.2, 0.25) is 0 Å². The van der Waals surface area contributed by atoms with Crippen molar-refractivity contribution in [3.05, 3.63) is 0 Å². The molecule has 0 saturated carbocycles. The number of esters is 1. The van der Waals surface area contributed by atoms with Crippen molar-refractivity contribution in [2.45, 2.75) is 30.7 Å². The highest BCUT2D eigenvalue weighted by Gasteiger charge is 2.27. The van der Waals surface area contributed by atoms with E-state index in [4.69, 9.17) is 34.8 Å². The zero-order valence-electron chi connectivity index (χ0n) is 6.78. The zero-order chi connectivity index (χ0) is 9.61. The summed E-state index contributed by atoms with van der Waals surface area (Å²) in [6, 6.07) is 0. The minimum Gasteiger partial charge on any atom is -0.427 e. The van der Waals surface area contributed by atoms with Crippen LogP contribution in [-0.4, -0.2) is 16.4 Å². The van der Waals surface area contributed by atoms with Crippen LogP contribution in [0, 0.1) is 0 Å². The molecule has 0 radical (unpaired) electrons. The second kappa shape index (κ2) is 5.90. The molecule has 0 unspecified atom stereocenters. The van der Waals surface area contributed by atoms with E-state index in [-0.39, 0.29) is 5.88 Å². The van der Waals surface area contributed by atoms with Gasteiger partial charge in [0.25, 0.3) is 4.52 Å². The van der Waals surface area contributed by atoms with Crippen LogP contribution >= 0.6 is 34.8 Å². The first-order valence-electron chi connectivity index (χ1n) is 3.67. The van der Waals surface area contributed by atoms with E-state index in [1.165, 1.54) is 0 Å². The van der Waals surface area contributed by atoms with Crippen molar-refractivity contribution in [1.29, 1.82) is 0 Å². The van der Waals surface area contributed by atoms with Gasteiger partial charge in [-0.15, -0.1) is 11.6 Å². The summed E-state index contributed by atoms with van der Waals surface area (Å²) in [5.41, 5.74) is 0. The van der Waals surface area contributed by atoms with Crippen LogP contribution in [0.3, 0.4) is 0 Å². The van der Waals surface area contributed by atoms with Gasteiger partial charge in [0.2, 0.25) is 0 Å². The van der Waals surface area contributed by atoms with Gasteiger partial charge in [0.1, 0.15) is 0 Å². The Kier molecular flexibility index (Phi) is 6.06. The molecule has 0 N–H and O–H groups in total. The molecular weight excluding hydrogens is 222 g/mol. The minimum absolute atomic E-state index is 0.131. The van der Waals surface area contributed by atoms with E-state index in [1.54, 1.807) is 0 Å². The van der Waals surface area contributed by atoms with Gasteiger partial charge in [-0.3, -0.25) is 4.79 Å². The fraction of sp³-hybridized carbons (Fsp3) is 0.857. The van der Waals surface area contributed by atoms with Crippen molar-refractivity contribution in [1.82, 2.24) is 0 Å². The van der Waals surface area contributed by atoms with E-state index in [0.29, 0.717) is 6.42 Å².